The number of nitrogens with one attached hydrogen (secondary N) is 1. The predicted molar refractivity (Wildman–Crippen MR) is 106 cm³/mol. The van der Waals surface area contributed by atoms with Crippen molar-refractivity contribution >= 4 is 27.6 Å². The molecule has 0 heterocycles. The maximum absolute atomic E-state index is 12.6. The van der Waals surface area contributed by atoms with E-state index in [1.807, 2.05) is 31.2 Å². The minimum absolute atomic E-state index is 0.114. The molecule has 2 aromatic carbocycles. The first kappa shape index (κ1) is 20.5. The van der Waals surface area contributed by atoms with Gasteiger partial charge in [-0.05, 0) is 30.2 Å². The lowest BCUT2D eigenvalue weighted by Crippen LogP contribution is -2.30. The molecule has 0 radical (unpaired) electrons. The fourth-order valence-electron chi connectivity index (χ4n) is 2.53. The number of hydrogen-bond donors (Lipinski definition) is 1. The summed E-state index contributed by atoms with van der Waals surface area (Å²) < 4.78 is 26.4. The van der Waals surface area contributed by atoms with E-state index >= 15 is 0 Å². The molecule has 0 bridgehead atoms. The van der Waals surface area contributed by atoms with Gasteiger partial charge in [-0.25, -0.2) is 8.42 Å². The number of aryl methyl sites for hydroxylation is 1. The maximum Gasteiger partial charge on any atom is 0.295 e. The van der Waals surface area contributed by atoms with Crippen LogP contribution in [0.4, 0.5) is 11.4 Å². The Morgan fingerprint density at radius 2 is 1.85 bits per heavy atom. The van der Waals surface area contributed by atoms with E-state index in [1.54, 1.807) is 20.1 Å². The predicted octanol–water partition coefficient (Wildman–Crippen LogP) is 3.38. The first-order chi connectivity index (χ1) is 12.8. The summed E-state index contributed by atoms with van der Waals surface area (Å²) >= 11 is 0. The topological polar surface area (TPSA) is 105 Å². The highest BCUT2D eigenvalue weighted by molar-refractivity contribution is 7.89. The second-order valence-electron chi connectivity index (χ2n) is 5.75. The van der Waals surface area contributed by atoms with Gasteiger partial charge in [0.2, 0.25) is 10.0 Å². The molecule has 0 aliphatic carbocycles. The Labute approximate surface area is 158 Å². The van der Waals surface area contributed by atoms with Crippen molar-refractivity contribution in [2.24, 2.45) is 5.10 Å². The van der Waals surface area contributed by atoms with Crippen molar-refractivity contribution in [1.82, 2.24) is 4.31 Å². The van der Waals surface area contributed by atoms with Gasteiger partial charge < -0.3 is 0 Å². The summed E-state index contributed by atoms with van der Waals surface area (Å²) in [7, 11) is -3.78. The van der Waals surface area contributed by atoms with E-state index in [4.69, 9.17) is 0 Å². The molecule has 2 aromatic rings. The second kappa shape index (κ2) is 8.74. The minimum atomic E-state index is -3.78. The van der Waals surface area contributed by atoms with E-state index in [2.05, 4.69) is 10.5 Å². The van der Waals surface area contributed by atoms with Gasteiger partial charge in [-0.1, -0.05) is 38.1 Å². The molecule has 144 valence electrons. The maximum atomic E-state index is 12.6. The van der Waals surface area contributed by atoms with Crippen LogP contribution in [0.15, 0.2) is 52.5 Å². The third-order valence-electron chi connectivity index (χ3n) is 4.09. The van der Waals surface area contributed by atoms with Gasteiger partial charge in [-0.3, -0.25) is 15.5 Å². The van der Waals surface area contributed by atoms with Gasteiger partial charge in [0.1, 0.15) is 5.69 Å². The lowest BCUT2D eigenvalue weighted by molar-refractivity contribution is -0.384. The Hall–Kier alpha value is -2.78. The molecule has 0 atom stereocenters. The zero-order chi connectivity index (χ0) is 20.0. The van der Waals surface area contributed by atoms with Crippen molar-refractivity contribution in [1.29, 1.82) is 0 Å². The van der Waals surface area contributed by atoms with E-state index in [0.29, 0.717) is 0 Å². The lowest BCUT2D eigenvalue weighted by atomic mass is 10.1. The number of hydrogen-bond acceptors (Lipinski definition) is 6. The van der Waals surface area contributed by atoms with Crippen molar-refractivity contribution in [3.05, 3.63) is 63.7 Å². The van der Waals surface area contributed by atoms with Gasteiger partial charge in [0, 0.05) is 19.2 Å². The van der Waals surface area contributed by atoms with Crippen LogP contribution in [-0.2, 0) is 10.0 Å². The van der Waals surface area contributed by atoms with Gasteiger partial charge in [0.25, 0.3) is 5.69 Å². The molecule has 0 aliphatic rings. The van der Waals surface area contributed by atoms with E-state index in [0.717, 1.165) is 17.2 Å². The van der Waals surface area contributed by atoms with Crippen LogP contribution in [0.5, 0.6) is 0 Å². The van der Waals surface area contributed by atoms with Gasteiger partial charge in [-0.15, -0.1) is 0 Å². The monoisotopic (exact) mass is 390 g/mol. The highest BCUT2D eigenvalue weighted by Gasteiger charge is 2.25. The van der Waals surface area contributed by atoms with E-state index in [1.165, 1.54) is 16.4 Å². The summed E-state index contributed by atoms with van der Waals surface area (Å²) in [5.41, 5.74) is 4.26. The molecule has 0 spiro atoms. The molecule has 1 N–H and O–H groups in total. The average Bonchev–Trinajstić information content (AvgIpc) is 2.64. The van der Waals surface area contributed by atoms with Crippen LogP contribution in [0.3, 0.4) is 0 Å². The molecular weight excluding hydrogens is 368 g/mol. The second-order valence-corrected chi connectivity index (χ2v) is 7.69. The molecule has 2 rings (SSSR count). The van der Waals surface area contributed by atoms with Crippen molar-refractivity contribution < 1.29 is 13.3 Å². The van der Waals surface area contributed by atoms with Crippen LogP contribution in [0.2, 0.25) is 0 Å². The highest BCUT2D eigenvalue weighted by Crippen LogP contribution is 2.29. The Kier molecular flexibility index (Phi) is 6.65. The number of benzene rings is 2. The van der Waals surface area contributed by atoms with Gasteiger partial charge in [-0.2, -0.15) is 9.41 Å². The fraction of sp³-hybridized carbons (Fsp3) is 0.278. The molecule has 0 saturated carbocycles. The van der Waals surface area contributed by atoms with Gasteiger partial charge >= 0.3 is 0 Å². The van der Waals surface area contributed by atoms with Crippen LogP contribution in [-0.4, -0.2) is 37.0 Å². The minimum Gasteiger partial charge on any atom is -0.272 e. The fourth-order valence-corrected chi connectivity index (χ4v) is 4.01. The van der Waals surface area contributed by atoms with Crippen LogP contribution in [0, 0.1) is 17.0 Å². The van der Waals surface area contributed by atoms with Gasteiger partial charge in [0.15, 0.2) is 0 Å². The molecule has 27 heavy (non-hydrogen) atoms. The normalized spacial score (nSPS) is 11.9. The number of anilines is 1. The Morgan fingerprint density at radius 3 is 2.44 bits per heavy atom. The molecule has 0 fully saturated rings. The molecule has 0 aliphatic heterocycles. The first-order valence-corrected chi connectivity index (χ1v) is 9.88. The van der Waals surface area contributed by atoms with E-state index in [9.17, 15) is 18.5 Å². The molecule has 0 unspecified atom stereocenters. The summed E-state index contributed by atoms with van der Waals surface area (Å²) in [6, 6.07) is 11.3. The Bertz CT molecular complexity index is 954. The van der Waals surface area contributed by atoms with Crippen LogP contribution in [0.1, 0.15) is 25.0 Å². The van der Waals surface area contributed by atoms with Gasteiger partial charge in [0.05, 0.1) is 16.0 Å². The van der Waals surface area contributed by atoms with Crippen LogP contribution >= 0.6 is 0 Å². The molecule has 0 aromatic heterocycles. The Morgan fingerprint density at radius 1 is 1.19 bits per heavy atom. The number of hydrazone groups is 1. The number of nitrogens with zero attached hydrogens (tertiary/aromatic N) is 3. The number of nitro groups is 1. The lowest BCUT2D eigenvalue weighted by Gasteiger charge is -2.18. The largest absolute Gasteiger partial charge is 0.295 e. The molecule has 9 heteroatoms. The van der Waals surface area contributed by atoms with Crippen molar-refractivity contribution in [3.8, 4) is 0 Å². The summed E-state index contributed by atoms with van der Waals surface area (Å²) in [6.45, 7) is 5.93. The smallest absolute Gasteiger partial charge is 0.272 e. The number of nitro benzene ring substituents is 1. The summed E-state index contributed by atoms with van der Waals surface area (Å²) in [5.74, 6) is 0. The summed E-state index contributed by atoms with van der Waals surface area (Å²) in [5, 5.41) is 15.4. The molecule has 0 saturated heterocycles. The van der Waals surface area contributed by atoms with Crippen molar-refractivity contribution in [2.75, 3.05) is 18.5 Å². The number of sulfonamides is 1. The summed E-state index contributed by atoms with van der Waals surface area (Å²) in [6.07, 6.45) is 1.56. The van der Waals surface area contributed by atoms with Crippen LogP contribution < -0.4 is 5.43 Å². The third kappa shape index (κ3) is 4.69. The molecule has 0 amide bonds. The standard InChI is InChI=1S/C18H22N4O4S/c1-4-21(5-2)27(25,26)16-10-11-17(18(12-16)22(23)24)20-19-13-15-9-7-6-8-14(15)3/h6-13,20H,4-5H2,1-3H3/b19-13-. The third-order valence-corrected chi connectivity index (χ3v) is 6.13. The van der Waals surface area contributed by atoms with Crippen molar-refractivity contribution in [2.45, 2.75) is 25.7 Å². The Balaban J connectivity index is 2.34. The number of rotatable bonds is 8. The highest BCUT2D eigenvalue weighted by atomic mass is 32.2. The first-order valence-electron chi connectivity index (χ1n) is 8.44. The van der Waals surface area contributed by atoms with E-state index in [-0.39, 0.29) is 29.4 Å². The average molecular weight is 390 g/mol. The quantitative estimate of drug-likeness (QED) is 0.423. The zero-order valence-corrected chi connectivity index (χ0v) is 16.2. The van der Waals surface area contributed by atoms with Crippen LogP contribution in [0.25, 0.3) is 0 Å². The SMILES string of the molecule is CCN(CC)S(=O)(=O)c1ccc(N/N=C\c2ccccc2C)c([N+](=O)[O-])c1. The zero-order valence-electron chi connectivity index (χ0n) is 15.4. The molecule has 8 nitrogen and oxygen atoms in total. The molecular formula is C18H22N4O4S. The summed E-state index contributed by atoms with van der Waals surface area (Å²) in [4.78, 5) is 10.7. The van der Waals surface area contributed by atoms with Crippen molar-refractivity contribution in [3.63, 3.8) is 0 Å². The van der Waals surface area contributed by atoms with E-state index < -0.39 is 14.9 Å².